The molecule has 0 aliphatic heterocycles. The number of nitrogens with two attached hydrogens (primary N) is 1. The van der Waals surface area contributed by atoms with Crippen molar-refractivity contribution >= 4 is 17.4 Å². The normalized spacial score (nSPS) is 12.1. The van der Waals surface area contributed by atoms with Crippen molar-refractivity contribution in [3.63, 3.8) is 0 Å². The lowest BCUT2D eigenvalue weighted by Crippen LogP contribution is -2.01. The van der Waals surface area contributed by atoms with Crippen molar-refractivity contribution in [3.8, 4) is 5.75 Å². The van der Waals surface area contributed by atoms with Gasteiger partial charge >= 0.3 is 0 Å². The van der Waals surface area contributed by atoms with Crippen molar-refractivity contribution in [2.24, 2.45) is 0 Å². The summed E-state index contributed by atoms with van der Waals surface area (Å²) in [5, 5.41) is 10.1. The number of hydrogen-bond acceptors (Lipinski definition) is 4. The summed E-state index contributed by atoms with van der Waals surface area (Å²) in [4.78, 5) is 1.10. The molecule has 3 N–H and O–H groups in total. The zero-order valence-electron chi connectivity index (χ0n) is 10.7. The molecule has 0 bridgehead atoms. The Morgan fingerprint density at radius 2 is 1.95 bits per heavy atom. The van der Waals surface area contributed by atoms with E-state index in [-0.39, 0.29) is 0 Å². The second-order valence-corrected chi connectivity index (χ2v) is 5.27. The molecule has 100 valence electrons. The molecule has 2 aromatic rings. The first kappa shape index (κ1) is 13.8. The van der Waals surface area contributed by atoms with Gasteiger partial charge in [0.2, 0.25) is 0 Å². The maximum Gasteiger partial charge on any atom is 0.118 e. The minimum atomic E-state index is -0.518. The van der Waals surface area contributed by atoms with Crippen molar-refractivity contribution in [1.82, 2.24) is 0 Å². The molecule has 0 aliphatic carbocycles. The lowest BCUT2D eigenvalue weighted by atomic mass is 10.1. The lowest BCUT2D eigenvalue weighted by molar-refractivity contribution is 0.204. The monoisotopic (exact) mass is 275 g/mol. The van der Waals surface area contributed by atoms with E-state index >= 15 is 0 Å². The average Bonchev–Trinajstić information content (AvgIpc) is 2.45. The summed E-state index contributed by atoms with van der Waals surface area (Å²) in [6.45, 7) is 0. The number of rotatable bonds is 5. The zero-order chi connectivity index (χ0) is 13.7. The summed E-state index contributed by atoms with van der Waals surface area (Å²) in [6, 6.07) is 15.1. The Bertz CT molecular complexity index is 528. The van der Waals surface area contributed by atoms with E-state index in [0.29, 0.717) is 11.4 Å². The summed E-state index contributed by atoms with van der Waals surface area (Å²) >= 11 is 1.60. The van der Waals surface area contributed by atoms with E-state index < -0.39 is 6.10 Å². The highest BCUT2D eigenvalue weighted by Crippen LogP contribution is 2.26. The van der Waals surface area contributed by atoms with Crippen molar-refractivity contribution in [2.75, 3.05) is 18.6 Å². The number of anilines is 1. The van der Waals surface area contributed by atoms with Crippen LogP contribution in [0.3, 0.4) is 0 Å². The fraction of sp³-hybridized carbons (Fsp3) is 0.200. The molecule has 0 heterocycles. The zero-order valence-corrected chi connectivity index (χ0v) is 11.6. The first-order valence-electron chi connectivity index (χ1n) is 5.99. The molecular weight excluding hydrogens is 258 g/mol. The fourth-order valence-corrected chi connectivity index (χ4v) is 2.58. The Hall–Kier alpha value is -1.65. The number of thioether (sulfide) groups is 1. The molecule has 2 aromatic carbocycles. The van der Waals surface area contributed by atoms with Crippen LogP contribution in [-0.2, 0) is 0 Å². The van der Waals surface area contributed by atoms with Gasteiger partial charge in [0.15, 0.2) is 0 Å². The van der Waals surface area contributed by atoms with Gasteiger partial charge in [-0.25, -0.2) is 0 Å². The van der Waals surface area contributed by atoms with Gasteiger partial charge in [0, 0.05) is 16.3 Å². The van der Waals surface area contributed by atoms with Crippen LogP contribution in [-0.4, -0.2) is 18.0 Å². The summed E-state index contributed by atoms with van der Waals surface area (Å²) in [7, 11) is 1.64. The van der Waals surface area contributed by atoms with E-state index in [1.807, 2.05) is 42.5 Å². The largest absolute Gasteiger partial charge is 0.497 e. The van der Waals surface area contributed by atoms with Crippen molar-refractivity contribution < 1.29 is 9.84 Å². The minimum Gasteiger partial charge on any atom is -0.497 e. The molecule has 0 saturated heterocycles. The van der Waals surface area contributed by atoms with E-state index in [4.69, 9.17) is 10.5 Å². The second-order valence-electron chi connectivity index (χ2n) is 4.17. The molecule has 0 saturated carbocycles. The SMILES string of the molecule is COc1ccc(SCC(O)c2cccc(N)c2)cc1. The summed E-state index contributed by atoms with van der Waals surface area (Å²) < 4.78 is 5.10. The van der Waals surface area contributed by atoms with Crippen molar-refractivity contribution in [2.45, 2.75) is 11.0 Å². The van der Waals surface area contributed by atoms with E-state index in [0.717, 1.165) is 16.2 Å². The van der Waals surface area contributed by atoms with Crippen LogP contribution in [0.4, 0.5) is 5.69 Å². The summed E-state index contributed by atoms with van der Waals surface area (Å²) in [5.41, 5.74) is 7.22. The van der Waals surface area contributed by atoms with E-state index in [1.165, 1.54) is 0 Å². The van der Waals surface area contributed by atoms with Gasteiger partial charge in [0.25, 0.3) is 0 Å². The van der Waals surface area contributed by atoms with Gasteiger partial charge in [-0.2, -0.15) is 0 Å². The van der Waals surface area contributed by atoms with Gasteiger partial charge in [-0.05, 0) is 42.0 Å². The smallest absolute Gasteiger partial charge is 0.118 e. The number of nitrogen functional groups attached to an aromatic ring is 1. The van der Waals surface area contributed by atoms with Crippen molar-refractivity contribution in [3.05, 3.63) is 54.1 Å². The molecule has 0 fully saturated rings. The number of aliphatic hydroxyl groups excluding tert-OH is 1. The van der Waals surface area contributed by atoms with Gasteiger partial charge < -0.3 is 15.6 Å². The third-order valence-corrected chi connectivity index (χ3v) is 3.85. The molecule has 0 radical (unpaired) electrons. The predicted molar refractivity (Wildman–Crippen MR) is 79.5 cm³/mol. The Balaban J connectivity index is 1.94. The summed E-state index contributed by atoms with van der Waals surface area (Å²) in [5.74, 6) is 1.43. The molecule has 1 unspecified atom stereocenters. The molecule has 19 heavy (non-hydrogen) atoms. The van der Waals surface area contributed by atoms with Gasteiger partial charge in [-0.15, -0.1) is 11.8 Å². The Labute approximate surface area is 117 Å². The number of ether oxygens (including phenoxy) is 1. The highest BCUT2D eigenvalue weighted by Gasteiger charge is 2.08. The fourth-order valence-electron chi connectivity index (χ4n) is 1.71. The van der Waals surface area contributed by atoms with Crippen LogP contribution in [0.1, 0.15) is 11.7 Å². The third kappa shape index (κ3) is 3.91. The van der Waals surface area contributed by atoms with E-state index in [9.17, 15) is 5.11 Å². The van der Waals surface area contributed by atoms with E-state index in [2.05, 4.69) is 0 Å². The van der Waals surface area contributed by atoms with Crippen LogP contribution in [0.2, 0.25) is 0 Å². The van der Waals surface area contributed by atoms with Crippen LogP contribution >= 0.6 is 11.8 Å². The summed E-state index contributed by atoms with van der Waals surface area (Å²) in [6.07, 6.45) is -0.518. The first-order valence-corrected chi connectivity index (χ1v) is 6.98. The third-order valence-electron chi connectivity index (χ3n) is 2.76. The number of methoxy groups -OCH3 is 1. The molecule has 0 aliphatic rings. The molecule has 2 rings (SSSR count). The van der Waals surface area contributed by atoms with Crippen LogP contribution in [0.5, 0.6) is 5.75 Å². The van der Waals surface area contributed by atoms with Crippen molar-refractivity contribution in [1.29, 1.82) is 0 Å². The number of hydrogen-bond donors (Lipinski definition) is 2. The number of benzene rings is 2. The highest BCUT2D eigenvalue weighted by molar-refractivity contribution is 7.99. The molecule has 0 aromatic heterocycles. The van der Waals surface area contributed by atoms with Gasteiger partial charge in [-0.1, -0.05) is 12.1 Å². The quantitative estimate of drug-likeness (QED) is 0.650. The second kappa shape index (κ2) is 6.50. The molecule has 0 amide bonds. The molecule has 1 atom stereocenters. The Kier molecular flexibility index (Phi) is 4.71. The Morgan fingerprint density at radius 1 is 1.21 bits per heavy atom. The maximum absolute atomic E-state index is 10.1. The number of aliphatic hydroxyl groups is 1. The Morgan fingerprint density at radius 3 is 2.58 bits per heavy atom. The van der Waals surface area contributed by atoms with E-state index in [1.54, 1.807) is 24.9 Å². The van der Waals surface area contributed by atoms with Crippen LogP contribution in [0.15, 0.2) is 53.4 Å². The first-order chi connectivity index (χ1) is 9.19. The maximum atomic E-state index is 10.1. The topological polar surface area (TPSA) is 55.5 Å². The lowest BCUT2D eigenvalue weighted by Gasteiger charge is -2.11. The van der Waals surface area contributed by atoms with Gasteiger partial charge in [0.05, 0.1) is 13.2 Å². The molecule has 3 nitrogen and oxygen atoms in total. The average molecular weight is 275 g/mol. The molecule has 4 heteroatoms. The standard InChI is InChI=1S/C15H17NO2S/c1-18-13-5-7-14(8-6-13)19-10-15(17)11-3-2-4-12(16)9-11/h2-9,15,17H,10,16H2,1H3. The minimum absolute atomic E-state index is 0.518. The van der Waals surface area contributed by atoms with Gasteiger partial charge in [-0.3, -0.25) is 0 Å². The molecule has 0 spiro atoms. The van der Waals surface area contributed by atoms with Crippen LogP contribution in [0.25, 0.3) is 0 Å². The molecular formula is C15H17NO2S. The predicted octanol–water partition coefficient (Wildman–Crippen LogP) is 3.10. The van der Waals surface area contributed by atoms with Gasteiger partial charge in [0.1, 0.15) is 5.75 Å². The van der Waals surface area contributed by atoms with Crippen LogP contribution in [0, 0.1) is 0 Å². The van der Waals surface area contributed by atoms with Crippen LogP contribution < -0.4 is 10.5 Å². The highest BCUT2D eigenvalue weighted by atomic mass is 32.2.